The molecule has 132 valence electrons. The first kappa shape index (κ1) is 16.8. The summed E-state index contributed by atoms with van der Waals surface area (Å²) in [5.74, 6) is 1.61. The van der Waals surface area contributed by atoms with E-state index in [-0.39, 0.29) is 0 Å². The van der Waals surface area contributed by atoms with Crippen LogP contribution in [0.4, 0.5) is 0 Å². The number of morpholine rings is 1. The van der Waals surface area contributed by atoms with Gasteiger partial charge in [0.25, 0.3) is 0 Å². The number of hydrogen-bond donors (Lipinski definition) is 0. The van der Waals surface area contributed by atoms with Gasteiger partial charge in [-0.15, -0.1) is 0 Å². The van der Waals surface area contributed by atoms with Crippen LogP contribution in [0.1, 0.15) is 5.56 Å². The number of aromatic nitrogens is 1. The van der Waals surface area contributed by atoms with Crippen molar-refractivity contribution >= 4 is 0 Å². The Morgan fingerprint density at radius 2 is 1.65 bits per heavy atom. The van der Waals surface area contributed by atoms with Crippen LogP contribution in [0, 0.1) is 0 Å². The van der Waals surface area contributed by atoms with Gasteiger partial charge in [0.1, 0.15) is 11.5 Å². The second kappa shape index (κ2) is 8.13. The third-order valence-corrected chi connectivity index (χ3v) is 4.47. The number of hydrogen-bond acceptors (Lipinski definition) is 4. The molecule has 3 aromatic rings. The van der Waals surface area contributed by atoms with Crippen LogP contribution < -0.4 is 4.74 Å². The Morgan fingerprint density at radius 3 is 2.42 bits per heavy atom. The topological polar surface area (TPSA) is 34.6 Å². The van der Waals surface area contributed by atoms with Gasteiger partial charge in [0, 0.05) is 37.5 Å². The van der Waals surface area contributed by atoms with Crippen molar-refractivity contribution in [1.29, 1.82) is 0 Å². The van der Waals surface area contributed by atoms with E-state index in [4.69, 9.17) is 9.47 Å². The highest BCUT2D eigenvalue weighted by atomic mass is 16.5. The van der Waals surface area contributed by atoms with Crippen LogP contribution in [0.15, 0.2) is 72.9 Å². The lowest BCUT2D eigenvalue weighted by atomic mass is 10.1. The lowest BCUT2D eigenvalue weighted by molar-refractivity contribution is 0.0342. The zero-order valence-corrected chi connectivity index (χ0v) is 14.7. The van der Waals surface area contributed by atoms with Crippen molar-refractivity contribution in [2.75, 3.05) is 26.3 Å². The largest absolute Gasteiger partial charge is 0.457 e. The van der Waals surface area contributed by atoms with E-state index in [0.29, 0.717) is 0 Å². The van der Waals surface area contributed by atoms with E-state index in [1.807, 2.05) is 42.5 Å². The van der Waals surface area contributed by atoms with Crippen LogP contribution in [-0.2, 0) is 11.3 Å². The number of pyridine rings is 1. The summed E-state index contributed by atoms with van der Waals surface area (Å²) in [6.07, 6.45) is 1.79. The SMILES string of the molecule is c1ccc(Oc2ccnc(-c3ccc(CN4CCOCC4)cc3)c2)cc1. The Hall–Kier alpha value is -2.69. The lowest BCUT2D eigenvalue weighted by Crippen LogP contribution is -2.35. The second-order valence-electron chi connectivity index (χ2n) is 6.38. The van der Waals surface area contributed by atoms with Gasteiger partial charge in [-0.25, -0.2) is 0 Å². The lowest BCUT2D eigenvalue weighted by Gasteiger charge is -2.26. The summed E-state index contributed by atoms with van der Waals surface area (Å²) in [7, 11) is 0. The zero-order valence-electron chi connectivity index (χ0n) is 14.7. The van der Waals surface area contributed by atoms with E-state index < -0.39 is 0 Å². The molecule has 0 atom stereocenters. The molecule has 4 heteroatoms. The average Bonchev–Trinajstić information content (AvgIpc) is 2.70. The highest BCUT2D eigenvalue weighted by Gasteiger charge is 2.11. The van der Waals surface area contributed by atoms with Gasteiger partial charge >= 0.3 is 0 Å². The smallest absolute Gasteiger partial charge is 0.131 e. The molecule has 0 amide bonds. The van der Waals surface area contributed by atoms with Crippen molar-refractivity contribution in [2.45, 2.75) is 6.54 Å². The molecule has 1 fully saturated rings. The van der Waals surface area contributed by atoms with Crippen LogP contribution in [0.5, 0.6) is 11.5 Å². The summed E-state index contributed by atoms with van der Waals surface area (Å²) in [5, 5.41) is 0. The van der Waals surface area contributed by atoms with Crippen LogP contribution in [0.2, 0.25) is 0 Å². The molecule has 0 bridgehead atoms. The van der Waals surface area contributed by atoms with E-state index >= 15 is 0 Å². The van der Waals surface area contributed by atoms with Crippen LogP contribution in [-0.4, -0.2) is 36.2 Å². The zero-order chi connectivity index (χ0) is 17.6. The van der Waals surface area contributed by atoms with Crippen LogP contribution in [0.3, 0.4) is 0 Å². The molecule has 4 nitrogen and oxygen atoms in total. The van der Waals surface area contributed by atoms with E-state index in [0.717, 1.165) is 55.6 Å². The van der Waals surface area contributed by atoms with Crippen LogP contribution in [0.25, 0.3) is 11.3 Å². The van der Waals surface area contributed by atoms with Crippen molar-refractivity contribution < 1.29 is 9.47 Å². The molecule has 0 saturated carbocycles. The normalized spacial score (nSPS) is 14.9. The minimum atomic E-state index is 0.790. The van der Waals surface area contributed by atoms with Gasteiger partial charge < -0.3 is 9.47 Å². The summed E-state index contributed by atoms with van der Waals surface area (Å²) in [4.78, 5) is 6.91. The molecule has 4 rings (SSSR count). The van der Waals surface area contributed by atoms with Crippen molar-refractivity contribution in [1.82, 2.24) is 9.88 Å². The molecule has 0 N–H and O–H groups in total. The summed E-state index contributed by atoms with van der Waals surface area (Å²) in [5.41, 5.74) is 3.32. The molecule has 0 unspecified atom stereocenters. The van der Waals surface area contributed by atoms with Gasteiger partial charge in [-0.2, -0.15) is 0 Å². The molecule has 1 aliphatic rings. The molecule has 0 radical (unpaired) electrons. The molecular weight excluding hydrogens is 324 g/mol. The molecular formula is C22H22N2O2. The monoisotopic (exact) mass is 346 g/mol. The maximum atomic E-state index is 5.91. The van der Waals surface area contributed by atoms with E-state index in [9.17, 15) is 0 Å². The third-order valence-electron chi connectivity index (χ3n) is 4.47. The quantitative estimate of drug-likeness (QED) is 0.687. The average molecular weight is 346 g/mol. The first-order chi connectivity index (χ1) is 12.9. The van der Waals surface area contributed by atoms with Crippen molar-refractivity contribution in [3.05, 3.63) is 78.5 Å². The van der Waals surface area contributed by atoms with Crippen molar-refractivity contribution in [3.8, 4) is 22.8 Å². The highest BCUT2D eigenvalue weighted by molar-refractivity contribution is 5.61. The predicted molar refractivity (Wildman–Crippen MR) is 102 cm³/mol. The highest BCUT2D eigenvalue weighted by Crippen LogP contribution is 2.26. The third kappa shape index (κ3) is 4.28. The first-order valence-corrected chi connectivity index (χ1v) is 8.95. The summed E-state index contributed by atoms with van der Waals surface area (Å²) >= 11 is 0. The minimum absolute atomic E-state index is 0.790. The van der Waals surface area contributed by atoms with Crippen molar-refractivity contribution in [3.63, 3.8) is 0 Å². The van der Waals surface area contributed by atoms with Gasteiger partial charge in [0.15, 0.2) is 0 Å². The Balaban J connectivity index is 1.46. The molecule has 1 aromatic heterocycles. The Morgan fingerprint density at radius 1 is 0.885 bits per heavy atom. The molecule has 26 heavy (non-hydrogen) atoms. The van der Waals surface area contributed by atoms with Gasteiger partial charge in [-0.1, -0.05) is 42.5 Å². The maximum absolute atomic E-state index is 5.91. The summed E-state index contributed by atoms with van der Waals surface area (Å²) < 4.78 is 11.3. The Bertz CT molecular complexity index is 828. The summed E-state index contributed by atoms with van der Waals surface area (Å²) in [6, 6.07) is 22.3. The van der Waals surface area contributed by atoms with E-state index in [1.54, 1.807) is 6.20 Å². The van der Waals surface area contributed by atoms with Gasteiger partial charge in [-0.05, 0) is 23.8 Å². The molecule has 2 aromatic carbocycles. The van der Waals surface area contributed by atoms with Crippen molar-refractivity contribution in [2.24, 2.45) is 0 Å². The molecule has 1 saturated heterocycles. The van der Waals surface area contributed by atoms with Gasteiger partial charge in [0.05, 0.1) is 18.9 Å². The number of ether oxygens (including phenoxy) is 2. The van der Waals surface area contributed by atoms with Gasteiger partial charge in [-0.3, -0.25) is 9.88 Å². The number of rotatable bonds is 5. The molecule has 0 aliphatic carbocycles. The number of para-hydroxylation sites is 1. The summed E-state index contributed by atoms with van der Waals surface area (Å²) in [6.45, 7) is 4.63. The standard InChI is InChI=1S/C22H22N2O2/c1-2-4-20(5-3-1)26-21-10-11-23-22(16-21)19-8-6-18(7-9-19)17-24-12-14-25-15-13-24/h1-11,16H,12-15,17H2. The second-order valence-corrected chi connectivity index (χ2v) is 6.38. The molecule has 1 aliphatic heterocycles. The maximum Gasteiger partial charge on any atom is 0.131 e. The fourth-order valence-corrected chi connectivity index (χ4v) is 3.06. The fraction of sp³-hybridized carbons (Fsp3) is 0.227. The van der Waals surface area contributed by atoms with E-state index in [1.165, 1.54) is 5.56 Å². The fourth-order valence-electron chi connectivity index (χ4n) is 3.06. The molecule has 0 spiro atoms. The minimum Gasteiger partial charge on any atom is -0.457 e. The number of nitrogens with zero attached hydrogens (tertiary/aromatic N) is 2. The van der Waals surface area contributed by atoms with E-state index in [2.05, 4.69) is 34.1 Å². The number of benzene rings is 2. The molecule has 2 heterocycles. The predicted octanol–water partition coefficient (Wildman–Crippen LogP) is 4.37. The Labute approximate surface area is 154 Å². The van der Waals surface area contributed by atoms with Gasteiger partial charge in [0.2, 0.25) is 0 Å². The first-order valence-electron chi connectivity index (χ1n) is 8.95. The van der Waals surface area contributed by atoms with Crippen LogP contribution >= 0.6 is 0 Å². The Kier molecular flexibility index (Phi) is 5.24.